The van der Waals surface area contributed by atoms with Crippen LogP contribution in [0.15, 0.2) is 40.9 Å². The maximum atomic E-state index is 12.8. The van der Waals surface area contributed by atoms with E-state index < -0.39 is 0 Å². The van der Waals surface area contributed by atoms with Crippen LogP contribution >= 0.6 is 0 Å². The standard InChI is InChI=1S/C19H22N2O2/c1-19(15-6-3-2-4-7-15)10-5-11-21(13-19)18(22)16-12-17(23-20-16)14-8-9-14/h2-4,6-7,12,14H,5,8-11,13H2,1H3/t19-/m0/s1. The van der Waals surface area contributed by atoms with Gasteiger partial charge in [-0.1, -0.05) is 42.4 Å². The van der Waals surface area contributed by atoms with Crippen molar-refractivity contribution in [3.8, 4) is 0 Å². The summed E-state index contributed by atoms with van der Waals surface area (Å²) >= 11 is 0. The number of amides is 1. The Morgan fingerprint density at radius 3 is 2.83 bits per heavy atom. The molecule has 1 aliphatic heterocycles. The topological polar surface area (TPSA) is 46.3 Å². The van der Waals surface area contributed by atoms with E-state index in [-0.39, 0.29) is 11.3 Å². The second kappa shape index (κ2) is 5.52. The molecule has 1 saturated heterocycles. The van der Waals surface area contributed by atoms with Crippen molar-refractivity contribution in [2.75, 3.05) is 13.1 Å². The van der Waals surface area contributed by atoms with Crippen LogP contribution in [-0.2, 0) is 5.41 Å². The molecule has 4 nitrogen and oxygen atoms in total. The van der Waals surface area contributed by atoms with Gasteiger partial charge in [0.05, 0.1) is 0 Å². The third-order valence-electron chi connectivity index (χ3n) is 5.18. The molecule has 23 heavy (non-hydrogen) atoms. The number of hydrogen-bond donors (Lipinski definition) is 0. The Morgan fingerprint density at radius 1 is 1.30 bits per heavy atom. The highest BCUT2D eigenvalue weighted by atomic mass is 16.5. The van der Waals surface area contributed by atoms with Crippen molar-refractivity contribution in [2.45, 2.75) is 43.9 Å². The molecule has 4 heteroatoms. The number of rotatable bonds is 3. The van der Waals surface area contributed by atoms with Crippen molar-refractivity contribution in [1.82, 2.24) is 10.1 Å². The molecule has 120 valence electrons. The second-order valence-electron chi connectivity index (χ2n) is 7.15. The molecule has 1 saturated carbocycles. The summed E-state index contributed by atoms with van der Waals surface area (Å²) < 4.78 is 5.34. The van der Waals surface area contributed by atoms with Crippen molar-refractivity contribution in [3.63, 3.8) is 0 Å². The summed E-state index contributed by atoms with van der Waals surface area (Å²) in [6, 6.07) is 12.3. The average Bonchev–Trinajstić information content (AvgIpc) is 3.32. The molecule has 0 unspecified atom stereocenters. The van der Waals surface area contributed by atoms with Gasteiger partial charge in [0.2, 0.25) is 0 Å². The van der Waals surface area contributed by atoms with Gasteiger partial charge < -0.3 is 9.42 Å². The van der Waals surface area contributed by atoms with E-state index in [1.807, 2.05) is 17.0 Å². The Balaban J connectivity index is 1.53. The molecule has 0 bridgehead atoms. The predicted molar refractivity (Wildman–Crippen MR) is 87.4 cm³/mol. The fraction of sp³-hybridized carbons (Fsp3) is 0.474. The quantitative estimate of drug-likeness (QED) is 0.867. The Bertz CT molecular complexity index is 705. The third-order valence-corrected chi connectivity index (χ3v) is 5.18. The van der Waals surface area contributed by atoms with Crippen molar-refractivity contribution >= 4 is 5.91 Å². The largest absolute Gasteiger partial charge is 0.360 e. The summed E-state index contributed by atoms with van der Waals surface area (Å²) in [7, 11) is 0. The normalized spacial score (nSPS) is 24.7. The molecule has 0 N–H and O–H groups in total. The number of likely N-dealkylation sites (tertiary alicyclic amines) is 1. The van der Waals surface area contributed by atoms with Crippen LogP contribution < -0.4 is 0 Å². The van der Waals surface area contributed by atoms with Gasteiger partial charge in [-0.3, -0.25) is 4.79 Å². The van der Waals surface area contributed by atoms with Crippen LogP contribution in [0.1, 0.15) is 60.3 Å². The molecule has 2 heterocycles. The summed E-state index contributed by atoms with van der Waals surface area (Å²) in [5, 5.41) is 4.01. The lowest BCUT2D eigenvalue weighted by Crippen LogP contribution is -2.47. The lowest BCUT2D eigenvalue weighted by Gasteiger charge is -2.40. The second-order valence-corrected chi connectivity index (χ2v) is 7.15. The SMILES string of the molecule is C[C@]1(c2ccccc2)CCCN(C(=O)c2cc(C3CC3)on2)C1. The van der Waals surface area contributed by atoms with Crippen LogP contribution in [0.3, 0.4) is 0 Å². The number of aromatic nitrogens is 1. The van der Waals surface area contributed by atoms with E-state index in [1.54, 1.807) is 0 Å². The van der Waals surface area contributed by atoms with E-state index in [9.17, 15) is 4.79 Å². The summed E-state index contributed by atoms with van der Waals surface area (Å²) in [5.41, 5.74) is 1.78. The lowest BCUT2D eigenvalue weighted by atomic mass is 9.76. The minimum atomic E-state index is 0.00232. The van der Waals surface area contributed by atoms with Crippen LogP contribution in [0.2, 0.25) is 0 Å². The zero-order valence-electron chi connectivity index (χ0n) is 13.5. The molecular formula is C19H22N2O2. The third kappa shape index (κ3) is 2.78. The van der Waals surface area contributed by atoms with Crippen molar-refractivity contribution in [1.29, 1.82) is 0 Å². The fourth-order valence-electron chi connectivity index (χ4n) is 3.60. The molecule has 1 atom stereocenters. The number of carbonyl (C=O) groups is 1. The highest BCUT2D eigenvalue weighted by molar-refractivity contribution is 5.92. The van der Waals surface area contributed by atoms with Crippen LogP contribution in [0.25, 0.3) is 0 Å². The zero-order valence-corrected chi connectivity index (χ0v) is 13.5. The molecule has 4 rings (SSSR count). The first kappa shape index (κ1) is 14.5. The van der Waals surface area contributed by atoms with E-state index in [0.29, 0.717) is 11.6 Å². The summed E-state index contributed by atoms with van der Waals surface area (Å²) in [4.78, 5) is 14.7. The Labute approximate surface area is 136 Å². The molecule has 2 aromatic rings. The number of piperidine rings is 1. The van der Waals surface area contributed by atoms with E-state index in [1.165, 1.54) is 5.56 Å². The summed E-state index contributed by atoms with van der Waals surface area (Å²) in [6.07, 6.45) is 4.43. The number of nitrogens with zero attached hydrogens (tertiary/aromatic N) is 2. The van der Waals surface area contributed by atoms with Gasteiger partial charge in [0, 0.05) is 30.5 Å². The van der Waals surface area contributed by atoms with Gasteiger partial charge in [0.25, 0.3) is 5.91 Å². The van der Waals surface area contributed by atoms with Gasteiger partial charge in [0.15, 0.2) is 5.69 Å². The van der Waals surface area contributed by atoms with E-state index in [0.717, 1.165) is 44.5 Å². The molecular weight excluding hydrogens is 288 g/mol. The Hall–Kier alpha value is -2.10. The first-order chi connectivity index (χ1) is 11.2. The molecule has 1 amide bonds. The van der Waals surface area contributed by atoms with Gasteiger partial charge in [-0.05, 0) is 31.2 Å². The van der Waals surface area contributed by atoms with E-state index in [4.69, 9.17) is 4.52 Å². The van der Waals surface area contributed by atoms with E-state index in [2.05, 4.69) is 36.3 Å². The highest BCUT2D eigenvalue weighted by Gasteiger charge is 2.36. The van der Waals surface area contributed by atoms with Crippen molar-refractivity contribution in [3.05, 3.63) is 53.4 Å². The molecule has 1 aliphatic carbocycles. The predicted octanol–water partition coefficient (Wildman–Crippen LogP) is 3.75. The van der Waals surface area contributed by atoms with Crippen LogP contribution in [0.5, 0.6) is 0 Å². The molecule has 0 spiro atoms. The highest BCUT2D eigenvalue weighted by Crippen LogP contribution is 2.40. The number of benzene rings is 1. The van der Waals surface area contributed by atoms with Gasteiger partial charge in [-0.2, -0.15) is 0 Å². The minimum absolute atomic E-state index is 0.00232. The molecule has 2 aliphatic rings. The monoisotopic (exact) mass is 310 g/mol. The van der Waals surface area contributed by atoms with Crippen molar-refractivity contribution in [2.24, 2.45) is 0 Å². The van der Waals surface area contributed by atoms with Gasteiger partial charge in [0.1, 0.15) is 5.76 Å². The Morgan fingerprint density at radius 2 is 2.09 bits per heavy atom. The van der Waals surface area contributed by atoms with Crippen LogP contribution in [0, 0.1) is 0 Å². The Kier molecular flexibility index (Phi) is 3.47. The van der Waals surface area contributed by atoms with Gasteiger partial charge in [-0.15, -0.1) is 0 Å². The maximum Gasteiger partial charge on any atom is 0.276 e. The van der Waals surface area contributed by atoms with Gasteiger partial charge >= 0.3 is 0 Å². The summed E-state index contributed by atoms with van der Waals surface area (Å²) in [5.74, 6) is 1.36. The first-order valence-electron chi connectivity index (χ1n) is 8.47. The zero-order chi connectivity index (χ0) is 15.9. The van der Waals surface area contributed by atoms with E-state index >= 15 is 0 Å². The fourth-order valence-corrected chi connectivity index (χ4v) is 3.60. The van der Waals surface area contributed by atoms with Crippen LogP contribution in [0.4, 0.5) is 0 Å². The molecule has 1 aromatic heterocycles. The lowest BCUT2D eigenvalue weighted by molar-refractivity contribution is 0.0640. The smallest absolute Gasteiger partial charge is 0.276 e. The van der Waals surface area contributed by atoms with Crippen molar-refractivity contribution < 1.29 is 9.32 Å². The minimum Gasteiger partial charge on any atom is -0.360 e. The molecule has 1 aromatic carbocycles. The maximum absolute atomic E-state index is 12.8. The number of hydrogen-bond acceptors (Lipinski definition) is 3. The van der Waals surface area contributed by atoms with Crippen LogP contribution in [-0.4, -0.2) is 29.1 Å². The molecule has 2 fully saturated rings. The number of carbonyl (C=O) groups excluding carboxylic acids is 1. The van der Waals surface area contributed by atoms with Gasteiger partial charge in [-0.25, -0.2) is 0 Å². The average molecular weight is 310 g/mol. The first-order valence-corrected chi connectivity index (χ1v) is 8.47. The summed E-state index contributed by atoms with van der Waals surface area (Å²) in [6.45, 7) is 3.79. The molecule has 0 radical (unpaired) electrons.